The molecule has 1 radical (unpaired) electrons. The maximum absolute atomic E-state index is 10.2. The first-order valence-electron chi connectivity index (χ1n) is 5.99. The van der Waals surface area contributed by atoms with Crippen LogP contribution in [0, 0.1) is 0 Å². The van der Waals surface area contributed by atoms with Crippen LogP contribution in [0.25, 0.3) is 0 Å². The Morgan fingerprint density at radius 2 is 1.61 bits per heavy atom. The summed E-state index contributed by atoms with van der Waals surface area (Å²) in [7, 11) is 0. The van der Waals surface area contributed by atoms with Gasteiger partial charge in [-0.05, 0) is 23.3 Å². The molecule has 0 saturated carbocycles. The van der Waals surface area contributed by atoms with Crippen molar-refractivity contribution in [3.63, 3.8) is 0 Å². The summed E-state index contributed by atoms with van der Waals surface area (Å²) in [5.74, 6) is 0.834. The molecule has 0 amide bonds. The number of ether oxygens (including phenoxy) is 1. The van der Waals surface area contributed by atoms with Crippen molar-refractivity contribution < 1.29 is 9.53 Å². The van der Waals surface area contributed by atoms with Gasteiger partial charge in [0.2, 0.25) is 6.29 Å². The molecule has 0 unspecified atom stereocenters. The fourth-order valence-corrected chi connectivity index (χ4v) is 1.72. The van der Waals surface area contributed by atoms with E-state index < -0.39 is 0 Å². The lowest BCUT2D eigenvalue weighted by molar-refractivity contribution is 0.322. The first kappa shape index (κ1) is 12.4. The Kier molecular flexibility index (Phi) is 4.53. The molecule has 2 aromatic carbocycles. The molecule has 0 saturated heterocycles. The van der Waals surface area contributed by atoms with Crippen LogP contribution >= 0.6 is 0 Å². The van der Waals surface area contributed by atoms with E-state index in [0.717, 1.165) is 17.7 Å². The lowest BCUT2D eigenvalue weighted by Crippen LogP contribution is -2.01. The largest absolute Gasteiger partial charge is 0.493 e. The molecule has 2 rings (SSSR count). The molecule has 0 heterocycles. The third kappa shape index (κ3) is 3.74. The van der Waals surface area contributed by atoms with Crippen LogP contribution in [0.3, 0.4) is 0 Å². The van der Waals surface area contributed by atoms with E-state index in [1.807, 2.05) is 48.8 Å². The molecule has 0 aliphatic heterocycles. The van der Waals surface area contributed by atoms with Gasteiger partial charge in [0.1, 0.15) is 5.75 Å². The van der Waals surface area contributed by atoms with Gasteiger partial charge >= 0.3 is 0 Å². The van der Waals surface area contributed by atoms with Crippen LogP contribution in [-0.4, -0.2) is 12.9 Å². The summed E-state index contributed by atoms with van der Waals surface area (Å²) in [5, 5.41) is 0. The zero-order valence-corrected chi connectivity index (χ0v) is 10.1. The Hall–Kier alpha value is -2.09. The molecule has 0 aromatic heterocycles. The smallest absolute Gasteiger partial charge is 0.203 e. The van der Waals surface area contributed by atoms with Gasteiger partial charge in [-0.15, -0.1) is 0 Å². The van der Waals surface area contributed by atoms with Crippen LogP contribution < -0.4 is 4.74 Å². The lowest BCUT2D eigenvalue weighted by atomic mass is 10.1. The number of hydrogen-bond donors (Lipinski definition) is 0. The maximum Gasteiger partial charge on any atom is 0.203 e. The van der Waals surface area contributed by atoms with E-state index in [0.29, 0.717) is 13.0 Å². The van der Waals surface area contributed by atoms with Crippen molar-refractivity contribution in [3.8, 4) is 5.75 Å². The Balaban J connectivity index is 1.81. The number of benzene rings is 2. The van der Waals surface area contributed by atoms with Crippen molar-refractivity contribution in [2.24, 2.45) is 0 Å². The molecule has 0 N–H and O–H groups in total. The van der Waals surface area contributed by atoms with Gasteiger partial charge in [0.05, 0.1) is 6.61 Å². The fraction of sp³-hybridized carbons (Fsp3) is 0.188. The third-order valence-corrected chi connectivity index (χ3v) is 2.70. The summed E-state index contributed by atoms with van der Waals surface area (Å²) in [5.41, 5.74) is 2.23. The highest BCUT2D eigenvalue weighted by molar-refractivity contribution is 5.55. The molecule has 0 spiro atoms. The van der Waals surface area contributed by atoms with E-state index >= 15 is 0 Å². The molecule has 2 aromatic rings. The molecular formula is C16H15O2. The van der Waals surface area contributed by atoms with Gasteiger partial charge in [0, 0.05) is 12.8 Å². The highest BCUT2D eigenvalue weighted by Crippen LogP contribution is 2.12. The van der Waals surface area contributed by atoms with Gasteiger partial charge in [0.15, 0.2) is 0 Å². The average Bonchev–Trinajstić information content (AvgIpc) is 2.42. The van der Waals surface area contributed by atoms with Crippen LogP contribution in [0.5, 0.6) is 5.75 Å². The van der Waals surface area contributed by atoms with Crippen molar-refractivity contribution in [1.29, 1.82) is 0 Å². The van der Waals surface area contributed by atoms with E-state index in [-0.39, 0.29) is 0 Å². The Bertz CT molecular complexity index is 474. The van der Waals surface area contributed by atoms with Crippen LogP contribution in [0.4, 0.5) is 0 Å². The van der Waals surface area contributed by atoms with Crippen molar-refractivity contribution in [2.45, 2.75) is 12.8 Å². The quantitative estimate of drug-likeness (QED) is 0.774. The van der Waals surface area contributed by atoms with Crippen molar-refractivity contribution in [2.75, 3.05) is 6.61 Å². The van der Waals surface area contributed by atoms with Gasteiger partial charge in [0.25, 0.3) is 0 Å². The minimum Gasteiger partial charge on any atom is -0.493 e. The first-order valence-corrected chi connectivity index (χ1v) is 5.99. The average molecular weight is 239 g/mol. The predicted octanol–water partition coefficient (Wildman–Crippen LogP) is 2.96. The molecule has 0 fully saturated rings. The van der Waals surface area contributed by atoms with Gasteiger partial charge < -0.3 is 4.74 Å². The van der Waals surface area contributed by atoms with Crippen LogP contribution in [0.15, 0.2) is 54.6 Å². The van der Waals surface area contributed by atoms with Crippen LogP contribution in [0.2, 0.25) is 0 Å². The summed E-state index contributed by atoms with van der Waals surface area (Å²) in [6.07, 6.45) is 3.11. The normalized spacial score (nSPS) is 10.0. The van der Waals surface area contributed by atoms with Gasteiger partial charge in [-0.25, -0.2) is 0 Å². The summed E-state index contributed by atoms with van der Waals surface area (Å²) >= 11 is 0. The molecule has 0 bridgehead atoms. The highest BCUT2D eigenvalue weighted by Gasteiger charge is 1.96. The van der Waals surface area contributed by atoms with E-state index in [1.165, 1.54) is 5.56 Å². The second-order valence-corrected chi connectivity index (χ2v) is 4.05. The van der Waals surface area contributed by atoms with E-state index in [1.54, 1.807) is 0 Å². The molecular weight excluding hydrogens is 224 g/mol. The fourth-order valence-electron chi connectivity index (χ4n) is 1.72. The van der Waals surface area contributed by atoms with Gasteiger partial charge in [-0.3, -0.25) is 4.79 Å². The zero-order chi connectivity index (χ0) is 12.6. The van der Waals surface area contributed by atoms with Gasteiger partial charge in [-0.1, -0.05) is 42.5 Å². The van der Waals surface area contributed by atoms with E-state index in [9.17, 15) is 4.79 Å². The summed E-state index contributed by atoms with van der Waals surface area (Å²) in [6.45, 7) is 0.656. The second-order valence-electron chi connectivity index (χ2n) is 4.05. The number of carbonyl (C=O) groups excluding carboxylic acids is 1. The summed E-state index contributed by atoms with van der Waals surface area (Å²) in [6, 6.07) is 17.8. The van der Waals surface area contributed by atoms with Gasteiger partial charge in [-0.2, -0.15) is 0 Å². The Morgan fingerprint density at radius 3 is 2.28 bits per heavy atom. The highest BCUT2D eigenvalue weighted by atomic mass is 16.5. The molecule has 18 heavy (non-hydrogen) atoms. The van der Waals surface area contributed by atoms with E-state index in [2.05, 4.69) is 12.1 Å². The number of hydrogen-bond acceptors (Lipinski definition) is 2. The predicted molar refractivity (Wildman–Crippen MR) is 71.5 cm³/mol. The Morgan fingerprint density at radius 1 is 0.889 bits per heavy atom. The molecule has 2 nitrogen and oxygen atoms in total. The van der Waals surface area contributed by atoms with E-state index in [4.69, 9.17) is 4.74 Å². The zero-order valence-electron chi connectivity index (χ0n) is 10.1. The third-order valence-electron chi connectivity index (χ3n) is 2.70. The number of rotatable bonds is 6. The molecule has 0 atom stereocenters. The standard InChI is InChI=1S/C16H15O2/c17-12-10-15-6-8-16(9-7-15)18-13-11-14-4-2-1-3-5-14/h1-9H,10-11,13H2. The minimum atomic E-state index is 0.338. The molecule has 0 aliphatic rings. The molecule has 0 aliphatic carbocycles. The SMILES string of the molecule is O=[C]Cc1ccc(OCCc2ccccc2)cc1. The maximum atomic E-state index is 10.2. The molecule has 2 heteroatoms. The topological polar surface area (TPSA) is 26.3 Å². The Labute approximate surface area is 107 Å². The van der Waals surface area contributed by atoms with Crippen LogP contribution in [0.1, 0.15) is 11.1 Å². The minimum absolute atomic E-state index is 0.338. The summed E-state index contributed by atoms with van der Waals surface area (Å²) < 4.78 is 5.64. The second kappa shape index (κ2) is 6.60. The molecule has 91 valence electrons. The summed E-state index contributed by atoms with van der Waals surface area (Å²) in [4.78, 5) is 10.2. The van der Waals surface area contributed by atoms with Crippen LogP contribution in [-0.2, 0) is 17.6 Å². The monoisotopic (exact) mass is 239 g/mol. The lowest BCUT2D eigenvalue weighted by Gasteiger charge is -2.06. The first-order chi connectivity index (χ1) is 8.88. The van der Waals surface area contributed by atoms with Crippen molar-refractivity contribution in [3.05, 3.63) is 65.7 Å². The van der Waals surface area contributed by atoms with Crippen molar-refractivity contribution in [1.82, 2.24) is 0 Å². The van der Waals surface area contributed by atoms with Crippen molar-refractivity contribution >= 4 is 6.29 Å².